The van der Waals surface area contributed by atoms with Gasteiger partial charge in [0.25, 0.3) is 0 Å². The molecule has 0 bridgehead atoms. The highest BCUT2D eigenvalue weighted by molar-refractivity contribution is 5.39. The minimum absolute atomic E-state index is 0.115. The van der Waals surface area contributed by atoms with E-state index < -0.39 is 0 Å². The summed E-state index contributed by atoms with van der Waals surface area (Å²) in [6.45, 7) is 0.420. The number of ether oxygens (including phenoxy) is 1. The van der Waals surface area contributed by atoms with Crippen LogP contribution in [-0.4, -0.2) is 11.7 Å². The Bertz CT molecular complexity index is 692. The fraction of sp³-hybridized carbons (Fsp3) is 0.263. The molecule has 0 spiro atoms. The number of hydrogen-bond donors (Lipinski definition) is 1. The Balaban J connectivity index is 1.67. The standard InChI is InChI=1S/C19H18O2/c20-11-3-6-15-4-1-5-16(12-15)14-21-19-10-9-17-7-2-8-18(17)13-19/h1,4-5,9-10,12-13,20H,2,7-8,11,14H2. The van der Waals surface area contributed by atoms with E-state index in [4.69, 9.17) is 9.84 Å². The molecule has 2 nitrogen and oxygen atoms in total. The molecule has 0 saturated heterocycles. The summed E-state index contributed by atoms with van der Waals surface area (Å²) in [7, 11) is 0. The fourth-order valence-electron chi connectivity index (χ4n) is 2.69. The SMILES string of the molecule is OCC#Cc1cccc(COc2ccc3c(c2)CCC3)c1. The van der Waals surface area contributed by atoms with Gasteiger partial charge < -0.3 is 9.84 Å². The second kappa shape index (κ2) is 6.47. The molecule has 0 saturated carbocycles. The molecule has 3 rings (SSSR count). The van der Waals surface area contributed by atoms with Crippen LogP contribution in [0.15, 0.2) is 42.5 Å². The van der Waals surface area contributed by atoms with Crippen LogP contribution in [0, 0.1) is 11.8 Å². The van der Waals surface area contributed by atoms with Crippen molar-refractivity contribution >= 4 is 0 Å². The maximum Gasteiger partial charge on any atom is 0.120 e. The largest absolute Gasteiger partial charge is 0.489 e. The first kappa shape index (κ1) is 13.7. The van der Waals surface area contributed by atoms with Gasteiger partial charge in [0, 0.05) is 5.56 Å². The summed E-state index contributed by atoms with van der Waals surface area (Å²) in [6.07, 6.45) is 3.62. The third-order valence-corrected chi connectivity index (χ3v) is 3.71. The van der Waals surface area contributed by atoms with Crippen LogP contribution in [0.1, 0.15) is 28.7 Å². The van der Waals surface area contributed by atoms with E-state index >= 15 is 0 Å². The molecule has 0 amide bonds. The summed E-state index contributed by atoms with van der Waals surface area (Å²) in [6, 6.07) is 14.3. The second-order valence-corrected chi connectivity index (χ2v) is 5.23. The average Bonchev–Trinajstić information content (AvgIpc) is 2.99. The number of rotatable bonds is 3. The molecular formula is C19H18O2. The first-order valence-electron chi connectivity index (χ1n) is 7.28. The van der Waals surface area contributed by atoms with Gasteiger partial charge in [-0.15, -0.1) is 0 Å². The van der Waals surface area contributed by atoms with Gasteiger partial charge in [0.1, 0.15) is 19.0 Å². The van der Waals surface area contributed by atoms with Crippen LogP contribution in [0.25, 0.3) is 0 Å². The molecule has 2 heteroatoms. The summed E-state index contributed by atoms with van der Waals surface area (Å²) in [5.74, 6) is 6.50. The van der Waals surface area contributed by atoms with Crippen LogP contribution in [0.5, 0.6) is 5.75 Å². The van der Waals surface area contributed by atoms with Crippen LogP contribution in [0.2, 0.25) is 0 Å². The number of aliphatic hydroxyl groups excluding tert-OH is 1. The molecule has 1 aliphatic rings. The zero-order chi connectivity index (χ0) is 14.5. The lowest BCUT2D eigenvalue weighted by atomic mass is 10.1. The summed E-state index contributed by atoms with van der Waals surface area (Å²) in [5, 5.41) is 8.73. The van der Waals surface area contributed by atoms with Crippen molar-refractivity contribution in [1.29, 1.82) is 0 Å². The molecule has 0 heterocycles. The van der Waals surface area contributed by atoms with Gasteiger partial charge in [-0.25, -0.2) is 0 Å². The number of aryl methyl sites for hydroxylation is 2. The average molecular weight is 278 g/mol. The van der Waals surface area contributed by atoms with Gasteiger partial charge in [-0.05, 0) is 60.2 Å². The fourth-order valence-corrected chi connectivity index (χ4v) is 2.69. The molecule has 0 fully saturated rings. The Kier molecular flexibility index (Phi) is 4.23. The zero-order valence-electron chi connectivity index (χ0n) is 11.9. The van der Waals surface area contributed by atoms with E-state index in [-0.39, 0.29) is 6.61 Å². The van der Waals surface area contributed by atoms with E-state index in [2.05, 4.69) is 30.0 Å². The highest BCUT2D eigenvalue weighted by atomic mass is 16.5. The minimum atomic E-state index is -0.115. The molecule has 0 aliphatic heterocycles. The highest BCUT2D eigenvalue weighted by Gasteiger charge is 2.11. The lowest BCUT2D eigenvalue weighted by Crippen LogP contribution is -1.96. The molecule has 1 aliphatic carbocycles. The molecule has 0 atom stereocenters. The third kappa shape index (κ3) is 3.45. The van der Waals surface area contributed by atoms with E-state index in [0.717, 1.165) is 16.9 Å². The van der Waals surface area contributed by atoms with Crippen molar-refractivity contribution < 1.29 is 9.84 Å². The Morgan fingerprint density at radius 3 is 2.86 bits per heavy atom. The van der Waals surface area contributed by atoms with Crippen molar-refractivity contribution in [3.63, 3.8) is 0 Å². The molecular weight excluding hydrogens is 260 g/mol. The third-order valence-electron chi connectivity index (χ3n) is 3.71. The van der Waals surface area contributed by atoms with Crippen molar-refractivity contribution in [2.75, 3.05) is 6.61 Å². The smallest absolute Gasteiger partial charge is 0.120 e. The van der Waals surface area contributed by atoms with E-state index in [0.29, 0.717) is 6.61 Å². The Morgan fingerprint density at radius 1 is 1.05 bits per heavy atom. The van der Waals surface area contributed by atoms with Gasteiger partial charge in [0.2, 0.25) is 0 Å². The Morgan fingerprint density at radius 2 is 1.95 bits per heavy atom. The maximum atomic E-state index is 8.73. The predicted molar refractivity (Wildman–Crippen MR) is 83.2 cm³/mol. The topological polar surface area (TPSA) is 29.5 Å². The predicted octanol–water partition coefficient (Wildman–Crippen LogP) is 3.10. The van der Waals surface area contributed by atoms with E-state index in [1.54, 1.807) is 0 Å². The molecule has 0 unspecified atom stereocenters. The summed E-state index contributed by atoms with van der Waals surface area (Å²) < 4.78 is 5.88. The van der Waals surface area contributed by atoms with Crippen molar-refractivity contribution in [2.24, 2.45) is 0 Å². The first-order chi connectivity index (χ1) is 10.3. The molecule has 106 valence electrons. The summed E-state index contributed by atoms with van der Waals surface area (Å²) >= 11 is 0. The van der Waals surface area contributed by atoms with Crippen LogP contribution in [0.4, 0.5) is 0 Å². The highest BCUT2D eigenvalue weighted by Crippen LogP contribution is 2.26. The normalized spacial score (nSPS) is 12.4. The number of fused-ring (bicyclic) bond motifs is 1. The van der Waals surface area contributed by atoms with E-state index in [9.17, 15) is 0 Å². The quantitative estimate of drug-likeness (QED) is 0.874. The molecule has 0 radical (unpaired) electrons. The van der Waals surface area contributed by atoms with Crippen LogP contribution in [0.3, 0.4) is 0 Å². The maximum absolute atomic E-state index is 8.73. The van der Waals surface area contributed by atoms with E-state index in [1.807, 2.05) is 24.3 Å². The van der Waals surface area contributed by atoms with Gasteiger partial charge >= 0.3 is 0 Å². The molecule has 1 N–H and O–H groups in total. The van der Waals surface area contributed by atoms with Crippen LogP contribution >= 0.6 is 0 Å². The van der Waals surface area contributed by atoms with Gasteiger partial charge in [0.15, 0.2) is 0 Å². The molecule has 2 aromatic carbocycles. The van der Waals surface area contributed by atoms with Gasteiger partial charge in [0.05, 0.1) is 0 Å². The van der Waals surface area contributed by atoms with Crippen LogP contribution < -0.4 is 4.74 Å². The number of benzene rings is 2. The van der Waals surface area contributed by atoms with Gasteiger partial charge in [-0.1, -0.05) is 30.0 Å². The number of hydrogen-bond acceptors (Lipinski definition) is 2. The van der Waals surface area contributed by atoms with Crippen molar-refractivity contribution in [3.05, 3.63) is 64.7 Å². The lowest BCUT2D eigenvalue weighted by Gasteiger charge is -2.08. The number of aliphatic hydroxyl groups is 1. The lowest BCUT2D eigenvalue weighted by molar-refractivity contribution is 0.306. The second-order valence-electron chi connectivity index (χ2n) is 5.23. The van der Waals surface area contributed by atoms with Crippen molar-refractivity contribution in [3.8, 4) is 17.6 Å². The molecule has 2 aromatic rings. The van der Waals surface area contributed by atoms with E-state index in [1.165, 1.54) is 30.4 Å². The Hall–Kier alpha value is -2.24. The van der Waals surface area contributed by atoms with Crippen molar-refractivity contribution in [2.45, 2.75) is 25.9 Å². The van der Waals surface area contributed by atoms with Crippen molar-refractivity contribution in [1.82, 2.24) is 0 Å². The first-order valence-corrected chi connectivity index (χ1v) is 7.28. The summed E-state index contributed by atoms with van der Waals surface area (Å²) in [4.78, 5) is 0. The summed E-state index contributed by atoms with van der Waals surface area (Å²) in [5.41, 5.74) is 4.87. The van der Waals surface area contributed by atoms with Gasteiger partial charge in [-0.3, -0.25) is 0 Å². The zero-order valence-corrected chi connectivity index (χ0v) is 11.9. The minimum Gasteiger partial charge on any atom is -0.489 e. The molecule has 21 heavy (non-hydrogen) atoms. The monoisotopic (exact) mass is 278 g/mol. The van der Waals surface area contributed by atoms with Gasteiger partial charge in [-0.2, -0.15) is 0 Å². The van der Waals surface area contributed by atoms with Crippen LogP contribution in [-0.2, 0) is 19.4 Å². The molecule has 0 aromatic heterocycles. The Labute approximate surface area is 125 Å².